The van der Waals surface area contributed by atoms with Crippen molar-refractivity contribution >= 4 is 24.7 Å². The summed E-state index contributed by atoms with van der Waals surface area (Å²) in [5, 5.41) is 22.3. The number of fused-ring (bicyclic) bond motifs is 1. The van der Waals surface area contributed by atoms with Crippen LogP contribution in [0.3, 0.4) is 0 Å². The molecule has 0 amide bonds. The zero-order valence-electron chi connectivity index (χ0n) is 18.3. The van der Waals surface area contributed by atoms with E-state index in [2.05, 4.69) is 9.82 Å². The second-order valence-electron chi connectivity index (χ2n) is 7.25. The minimum atomic E-state index is -4.21. The van der Waals surface area contributed by atoms with Crippen LogP contribution < -0.4 is 19.6 Å². The Balaban J connectivity index is 1.69. The fraction of sp³-hybridized carbons (Fsp3) is 0.0833. The highest BCUT2D eigenvalue weighted by Crippen LogP contribution is 2.46. The molecular formula is C24H20NO9P. The smallest absolute Gasteiger partial charge is 0.508 e. The van der Waals surface area contributed by atoms with Gasteiger partial charge in [0.1, 0.15) is 46.8 Å². The standard InChI is InChI=1S/C24H20NO9P/c1-31-22(28)13-25-35(30,33-17-5-3-2-4-6-17)34-18-11-20(27)23-21(12-18)32-14-19(24(23)29)15-7-9-16(26)10-8-15/h2-12,14,26-27H,13H2,1H3,(H,25,30). The zero-order chi connectivity index (χ0) is 25.0. The van der Waals surface area contributed by atoms with Crippen molar-refractivity contribution in [2.45, 2.75) is 0 Å². The molecule has 10 nitrogen and oxygen atoms in total. The van der Waals surface area contributed by atoms with Crippen molar-refractivity contribution in [2.75, 3.05) is 13.7 Å². The van der Waals surface area contributed by atoms with Gasteiger partial charge in [0.25, 0.3) is 0 Å². The Morgan fingerprint density at radius 3 is 2.37 bits per heavy atom. The van der Waals surface area contributed by atoms with Crippen molar-refractivity contribution in [1.29, 1.82) is 0 Å². The average molecular weight is 497 g/mol. The van der Waals surface area contributed by atoms with Crippen LogP contribution in [0.1, 0.15) is 0 Å². The molecule has 35 heavy (non-hydrogen) atoms. The highest BCUT2D eigenvalue weighted by atomic mass is 31.2. The van der Waals surface area contributed by atoms with Crippen LogP contribution in [0.4, 0.5) is 0 Å². The normalized spacial score (nSPS) is 12.6. The topological polar surface area (TPSA) is 145 Å². The lowest BCUT2D eigenvalue weighted by Gasteiger charge is -2.20. The maximum absolute atomic E-state index is 13.4. The van der Waals surface area contributed by atoms with E-state index < -0.39 is 31.4 Å². The van der Waals surface area contributed by atoms with Crippen LogP contribution in [-0.2, 0) is 14.1 Å². The Morgan fingerprint density at radius 2 is 1.69 bits per heavy atom. The maximum Gasteiger partial charge on any atom is 0.513 e. The van der Waals surface area contributed by atoms with Crippen molar-refractivity contribution in [3.8, 4) is 34.1 Å². The van der Waals surface area contributed by atoms with E-state index in [1.165, 1.54) is 55.8 Å². The number of esters is 1. The SMILES string of the molecule is COC(=O)CNP(=O)(Oc1ccccc1)Oc1cc(O)c2c(=O)c(-c3ccc(O)cc3)coc2c1. The quantitative estimate of drug-likeness (QED) is 0.239. The van der Waals surface area contributed by atoms with Crippen LogP contribution in [0.2, 0.25) is 0 Å². The van der Waals surface area contributed by atoms with E-state index in [4.69, 9.17) is 13.5 Å². The summed E-state index contributed by atoms with van der Waals surface area (Å²) in [6.45, 7) is -0.481. The van der Waals surface area contributed by atoms with Crippen molar-refractivity contribution in [3.05, 3.63) is 83.2 Å². The summed E-state index contributed by atoms with van der Waals surface area (Å²) in [7, 11) is -3.04. The average Bonchev–Trinajstić information content (AvgIpc) is 2.84. The second kappa shape index (κ2) is 9.92. The molecule has 3 aromatic carbocycles. The van der Waals surface area contributed by atoms with Gasteiger partial charge in [0.15, 0.2) is 0 Å². The van der Waals surface area contributed by atoms with Gasteiger partial charge in [-0.3, -0.25) is 9.59 Å². The molecule has 1 atom stereocenters. The molecule has 1 heterocycles. The molecule has 0 saturated carbocycles. The van der Waals surface area contributed by atoms with E-state index in [-0.39, 0.29) is 33.8 Å². The Labute approximate surface area is 198 Å². The molecule has 0 aliphatic rings. The third-order valence-electron chi connectivity index (χ3n) is 4.85. The molecule has 0 aliphatic heterocycles. The highest BCUT2D eigenvalue weighted by molar-refractivity contribution is 7.52. The molecule has 11 heteroatoms. The molecule has 4 rings (SSSR count). The summed E-state index contributed by atoms with van der Waals surface area (Å²) in [5.41, 5.74) is 0.0885. The van der Waals surface area contributed by atoms with Crippen molar-refractivity contribution in [2.24, 2.45) is 0 Å². The van der Waals surface area contributed by atoms with Crippen LogP contribution in [0.25, 0.3) is 22.1 Å². The van der Waals surface area contributed by atoms with Crippen molar-refractivity contribution < 1.29 is 37.8 Å². The number of aromatic hydroxyl groups is 2. The molecule has 1 unspecified atom stereocenters. The summed E-state index contributed by atoms with van der Waals surface area (Å²) in [6, 6.07) is 16.4. The van der Waals surface area contributed by atoms with E-state index in [0.717, 1.165) is 6.07 Å². The van der Waals surface area contributed by atoms with Gasteiger partial charge < -0.3 is 28.4 Å². The number of carbonyl (C=O) groups excluding carboxylic acids is 1. The summed E-state index contributed by atoms with van der Waals surface area (Å²) in [6.07, 6.45) is 1.20. The van der Waals surface area contributed by atoms with Gasteiger partial charge in [-0.05, 0) is 29.8 Å². The number of nitrogens with one attached hydrogen (secondary N) is 1. The first-order chi connectivity index (χ1) is 16.8. The van der Waals surface area contributed by atoms with Gasteiger partial charge in [0, 0.05) is 12.1 Å². The summed E-state index contributed by atoms with van der Waals surface area (Å²) in [4.78, 5) is 24.6. The zero-order valence-corrected chi connectivity index (χ0v) is 19.2. The van der Waals surface area contributed by atoms with E-state index in [1.54, 1.807) is 18.2 Å². The molecule has 0 radical (unpaired) electrons. The van der Waals surface area contributed by atoms with Gasteiger partial charge in [-0.2, -0.15) is 5.09 Å². The first-order valence-corrected chi connectivity index (χ1v) is 11.8. The first kappa shape index (κ1) is 23.9. The summed E-state index contributed by atoms with van der Waals surface area (Å²) < 4.78 is 34.5. The number of phenols is 2. The van der Waals surface area contributed by atoms with Crippen LogP contribution in [0.15, 0.2) is 82.2 Å². The third kappa shape index (κ3) is 5.46. The summed E-state index contributed by atoms with van der Waals surface area (Å²) in [5.74, 6) is -1.10. The molecular weight excluding hydrogens is 477 g/mol. The van der Waals surface area contributed by atoms with E-state index in [0.29, 0.717) is 5.56 Å². The Hall–Kier alpha value is -4.27. The van der Waals surface area contributed by atoms with E-state index >= 15 is 0 Å². The number of carbonyl (C=O) groups is 1. The van der Waals surface area contributed by atoms with Crippen LogP contribution in [-0.4, -0.2) is 29.8 Å². The number of methoxy groups -OCH3 is 1. The maximum atomic E-state index is 13.4. The van der Waals surface area contributed by atoms with Crippen LogP contribution in [0.5, 0.6) is 23.0 Å². The number of rotatable bonds is 8. The van der Waals surface area contributed by atoms with Gasteiger partial charge in [0.2, 0.25) is 5.43 Å². The Bertz CT molecular complexity index is 1470. The molecule has 3 N–H and O–H groups in total. The molecule has 0 aliphatic carbocycles. The first-order valence-electron chi connectivity index (χ1n) is 10.2. The fourth-order valence-corrected chi connectivity index (χ4v) is 4.45. The van der Waals surface area contributed by atoms with Crippen molar-refractivity contribution in [1.82, 2.24) is 5.09 Å². The molecule has 0 spiro atoms. The lowest BCUT2D eigenvalue weighted by molar-refractivity contribution is -0.139. The number of phenolic OH excluding ortho intramolecular Hbond substituents is 2. The Kier molecular flexibility index (Phi) is 6.77. The number of hydrogen-bond acceptors (Lipinski definition) is 9. The van der Waals surface area contributed by atoms with Gasteiger partial charge in [-0.15, -0.1) is 0 Å². The predicted octanol–water partition coefficient (Wildman–Crippen LogP) is 4.20. The Morgan fingerprint density at radius 1 is 1.00 bits per heavy atom. The van der Waals surface area contributed by atoms with Gasteiger partial charge >= 0.3 is 13.7 Å². The fourth-order valence-electron chi connectivity index (χ4n) is 3.18. The van der Waals surface area contributed by atoms with Gasteiger partial charge in [-0.1, -0.05) is 30.3 Å². The number of para-hydroxylation sites is 1. The monoisotopic (exact) mass is 497 g/mol. The number of benzene rings is 3. The number of hydrogen-bond donors (Lipinski definition) is 3. The molecule has 0 bridgehead atoms. The largest absolute Gasteiger partial charge is 0.513 e. The van der Waals surface area contributed by atoms with Crippen LogP contribution in [0, 0.1) is 0 Å². The lowest BCUT2D eigenvalue weighted by Crippen LogP contribution is -2.26. The van der Waals surface area contributed by atoms with Crippen LogP contribution >= 0.6 is 7.75 Å². The highest BCUT2D eigenvalue weighted by Gasteiger charge is 2.30. The van der Waals surface area contributed by atoms with E-state index in [1.807, 2.05) is 0 Å². The van der Waals surface area contributed by atoms with E-state index in [9.17, 15) is 24.4 Å². The number of ether oxygens (including phenoxy) is 1. The molecule has 1 aromatic heterocycles. The minimum absolute atomic E-state index is 0.0338. The molecule has 0 fully saturated rings. The molecule has 180 valence electrons. The third-order valence-corrected chi connectivity index (χ3v) is 6.30. The molecule has 0 saturated heterocycles. The lowest BCUT2D eigenvalue weighted by atomic mass is 10.0. The minimum Gasteiger partial charge on any atom is -0.508 e. The predicted molar refractivity (Wildman–Crippen MR) is 127 cm³/mol. The van der Waals surface area contributed by atoms with Gasteiger partial charge in [-0.25, -0.2) is 4.57 Å². The molecule has 4 aromatic rings. The second-order valence-corrected chi connectivity index (χ2v) is 8.92. The van der Waals surface area contributed by atoms with Gasteiger partial charge in [0.05, 0.1) is 12.7 Å². The summed E-state index contributed by atoms with van der Waals surface area (Å²) >= 11 is 0. The van der Waals surface area contributed by atoms with Crippen molar-refractivity contribution in [3.63, 3.8) is 0 Å².